The van der Waals surface area contributed by atoms with Crippen molar-refractivity contribution in [3.8, 4) is 6.07 Å². The van der Waals surface area contributed by atoms with Gasteiger partial charge in [0.1, 0.15) is 5.41 Å². The van der Waals surface area contributed by atoms with E-state index in [0.717, 1.165) is 24.0 Å². The number of hydrogen-bond donors (Lipinski definition) is 0. The van der Waals surface area contributed by atoms with Crippen LogP contribution in [0, 0.1) is 16.7 Å². The van der Waals surface area contributed by atoms with Crippen molar-refractivity contribution in [3.63, 3.8) is 0 Å². The van der Waals surface area contributed by atoms with Gasteiger partial charge in [0.15, 0.2) is 5.78 Å². The summed E-state index contributed by atoms with van der Waals surface area (Å²) < 4.78 is 0. The molecule has 0 spiro atoms. The number of carbonyl (C=O) groups is 1. The summed E-state index contributed by atoms with van der Waals surface area (Å²) in [6, 6.07) is 22.1. The topological polar surface area (TPSA) is 40.9 Å². The maximum atomic E-state index is 13.4. The van der Waals surface area contributed by atoms with Gasteiger partial charge in [0.05, 0.1) is 11.5 Å². The largest absolute Gasteiger partial charge is 0.297 e. The first-order valence-corrected chi connectivity index (χ1v) is 7.71. The van der Waals surface area contributed by atoms with Crippen molar-refractivity contribution in [2.24, 2.45) is 5.41 Å². The Morgan fingerprint density at radius 3 is 1.86 bits per heavy atom. The van der Waals surface area contributed by atoms with Crippen LogP contribution in [0.15, 0.2) is 60.7 Å². The van der Waals surface area contributed by atoms with Gasteiger partial charge in [-0.25, -0.2) is 0 Å². The maximum Gasteiger partial charge on any atom is 0.167 e. The SMILES string of the molecule is C[C@@]1(C#N)CCCC(c2ccccc2)(c2ccccc2)C1=O. The molecule has 0 amide bonds. The second-order valence-corrected chi connectivity index (χ2v) is 6.26. The molecule has 110 valence electrons. The minimum atomic E-state index is -0.913. The number of Topliss-reactive ketones (excluding diaryl/α,β-unsaturated/α-hetero) is 1. The molecule has 0 heterocycles. The van der Waals surface area contributed by atoms with Crippen LogP contribution in [0.25, 0.3) is 0 Å². The molecule has 0 radical (unpaired) electrons. The number of nitrogens with zero attached hydrogens (tertiary/aromatic N) is 1. The fourth-order valence-electron chi connectivity index (χ4n) is 3.67. The van der Waals surface area contributed by atoms with Crippen LogP contribution in [0.4, 0.5) is 0 Å². The smallest absolute Gasteiger partial charge is 0.167 e. The summed E-state index contributed by atoms with van der Waals surface area (Å²) in [5, 5.41) is 9.58. The molecule has 2 aromatic rings. The number of carbonyl (C=O) groups excluding carboxylic acids is 1. The van der Waals surface area contributed by atoms with Crippen LogP contribution >= 0.6 is 0 Å². The van der Waals surface area contributed by atoms with Crippen molar-refractivity contribution in [2.45, 2.75) is 31.6 Å². The minimum Gasteiger partial charge on any atom is -0.297 e. The molecule has 0 saturated heterocycles. The fraction of sp³-hybridized carbons (Fsp3) is 0.300. The van der Waals surface area contributed by atoms with Crippen LogP contribution in [-0.4, -0.2) is 5.78 Å². The third-order valence-corrected chi connectivity index (χ3v) is 4.90. The lowest BCUT2D eigenvalue weighted by Crippen LogP contribution is -2.49. The summed E-state index contributed by atoms with van der Waals surface area (Å²) in [6.45, 7) is 1.79. The van der Waals surface area contributed by atoms with Crippen molar-refractivity contribution < 1.29 is 4.79 Å². The van der Waals surface area contributed by atoms with Crippen molar-refractivity contribution in [3.05, 3.63) is 71.8 Å². The Balaban J connectivity index is 2.26. The summed E-state index contributed by atoms with van der Waals surface area (Å²) in [7, 11) is 0. The summed E-state index contributed by atoms with van der Waals surface area (Å²) in [6.07, 6.45) is 2.28. The molecule has 0 aliphatic heterocycles. The molecular formula is C20H19NO. The molecule has 2 nitrogen and oxygen atoms in total. The van der Waals surface area contributed by atoms with Gasteiger partial charge in [0, 0.05) is 0 Å². The van der Waals surface area contributed by atoms with E-state index in [1.807, 2.05) is 60.7 Å². The van der Waals surface area contributed by atoms with Crippen LogP contribution in [0.2, 0.25) is 0 Å². The molecule has 2 aromatic carbocycles. The average molecular weight is 289 g/mol. The van der Waals surface area contributed by atoms with Crippen molar-refractivity contribution in [2.75, 3.05) is 0 Å². The molecule has 3 rings (SSSR count). The molecule has 1 aliphatic carbocycles. The summed E-state index contributed by atoms with van der Waals surface area (Å²) >= 11 is 0. The Morgan fingerprint density at radius 1 is 0.909 bits per heavy atom. The van der Waals surface area contributed by atoms with Gasteiger partial charge in [0.2, 0.25) is 0 Å². The Labute approximate surface area is 131 Å². The van der Waals surface area contributed by atoms with E-state index < -0.39 is 10.8 Å². The molecule has 1 saturated carbocycles. The van der Waals surface area contributed by atoms with E-state index in [4.69, 9.17) is 0 Å². The molecule has 22 heavy (non-hydrogen) atoms. The highest BCUT2D eigenvalue weighted by Crippen LogP contribution is 2.48. The third kappa shape index (κ3) is 2.05. The van der Waals surface area contributed by atoms with E-state index in [0.29, 0.717) is 6.42 Å². The zero-order valence-corrected chi connectivity index (χ0v) is 12.8. The lowest BCUT2D eigenvalue weighted by molar-refractivity contribution is -0.132. The second-order valence-electron chi connectivity index (χ2n) is 6.26. The van der Waals surface area contributed by atoms with E-state index in [1.54, 1.807) is 6.92 Å². The first-order chi connectivity index (χ1) is 10.6. The quantitative estimate of drug-likeness (QED) is 0.829. The van der Waals surface area contributed by atoms with Gasteiger partial charge in [-0.3, -0.25) is 4.79 Å². The molecule has 0 N–H and O–H groups in total. The Bertz CT molecular complexity index is 675. The summed E-state index contributed by atoms with van der Waals surface area (Å²) in [4.78, 5) is 13.4. The number of hydrogen-bond acceptors (Lipinski definition) is 2. The highest BCUT2D eigenvalue weighted by Gasteiger charge is 2.52. The lowest BCUT2D eigenvalue weighted by Gasteiger charge is -2.42. The van der Waals surface area contributed by atoms with Crippen LogP contribution in [0.5, 0.6) is 0 Å². The number of benzene rings is 2. The first kappa shape index (κ1) is 14.5. The molecule has 1 fully saturated rings. The second kappa shape index (κ2) is 5.42. The van der Waals surface area contributed by atoms with E-state index in [2.05, 4.69) is 6.07 Å². The Kier molecular flexibility index (Phi) is 3.58. The maximum absolute atomic E-state index is 13.4. The van der Waals surface area contributed by atoms with Crippen molar-refractivity contribution >= 4 is 5.78 Å². The Morgan fingerprint density at radius 2 is 1.41 bits per heavy atom. The van der Waals surface area contributed by atoms with Crippen LogP contribution in [0.3, 0.4) is 0 Å². The first-order valence-electron chi connectivity index (χ1n) is 7.71. The van der Waals surface area contributed by atoms with Crippen LogP contribution in [-0.2, 0) is 10.2 Å². The van der Waals surface area contributed by atoms with E-state index in [-0.39, 0.29) is 5.78 Å². The van der Waals surface area contributed by atoms with E-state index in [1.165, 1.54) is 0 Å². The summed E-state index contributed by atoms with van der Waals surface area (Å²) in [5.41, 5.74) is 0.370. The predicted molar refractivity (Wildman–Crippen MR) is 86.2 cm³/mol. The number of nitriles is 1. The monoisotopic (exact) mass is 289 g/mol. The fourth-order valence-corrected chi connectivity index (χ4v) is 3.67. The Hall–Kier alpha value is -2.40. The van der Waals surface area contributed by atoms with Gasteiger partial charge in [-0.05, 0) is 37.3 Å². The van der Waals surface area contributed by atoms with Gasteiger partial charge >= 0.3 is 0 Å². The van der Waals surface area contributed by atoms with Gasteiger partial charge < -0.3 is 0 Å². The van der Waals surface area contributed by atoms with Crippen molar-refractivity contribution in [1.29, 1.82) is 5.26 Å². The zero-order valence-electron chi connectivity index (χ0n) is 12.8. The predicted octanol–water partition coefficient (Wildman–Crippen LogP) is 4.26. The van der Waals surface area contributed by atoms with Crippen LogP contribution in [0.1, 0.15) is 37.3 Å². The zero-order chi connectivity index (χ0) is 15.6. The summed E-state index contributed by atoms with van der Waals surface area (Å²) in [5.74, 6) is 0.0335. The minimum absolute atomic E-state index is 0.0335. The van der Waals surface area contributed by atoms with Gasteiger partial charge in [-0.2, -0.15) is 5.26 Å². The van der Waals surface area contributed by atoms with E-state index in [9.17, 15) is 10.1 Å². The number of ketones is 1. The average Bonchev–Trinajstić information content (AvgIpc) is 2.59. The van der Waals surface area contributed by atoms with Crippen LogP contribution < -0.4 is 0 Å². The molecular weight excluding hydrogens is 270 g/mol. The molecule has 0 unspecified atom stereocenters. The standard InChI is InChI=1S/C20H19NO/c1-19(15-21)13-8-14-20(18(19)22,16-9-4-2-5-10-16)17-11-6-3-7-12-17/h2-7,9-12H,8,13-14H2,1H3/t19-/m0/s1. The third-order valence-electron chi connectivity index (χ3n) is 4.90. The lowest BCUT2D eigenvalue weighted by atomic mass is 9.57. The molecule has 1 atom stereocenters. The molecule has 1 aliphatic rings. The molecule has 2 heteroatoms. The molecule has 0 aromatic heterocycles. The van der Waals surface area contributed by atoms with Crippen molar-refractivity contribution in [1.82, 2.24) is 0 Å². The van der Waals surface area contributed by atoms with Gasteiger partial charge in [-0.15, -0.1) is 0 Å². The van der Waals surface area contributed by atoms with E-state index >= 15 is 0 Å². The number of rotatable bonds is 2. The van der Waals surface area contributed by atoms with Gasteiger partial charge in [0.25, 0.3) is 0 Å². The van der Waals surface area contributed by atoms with Gasteiger partial charge in [-0.1, -0.05) is 60.7 Å². The molecule has 0 bridgehead atoms. The highest BCUT2D eigenvalue weighted by atomic mass is 16.1. The highest BCUT2D eigenvalue weighted by molar-refractivity contribution is 6.00. The normalized spacial score (nSPS) is 23.7.